The van der Waals surface area contributed by atoms with Gasteiger partial charge in [-0.15, -0.1) is 0 Å². The molecule has 0 N–H and O–H groups in total. The second-order valence-electron chi connectivity index (χ2n) is 18.7. The molecule has 1 nitrogen and oxygen atoms in total. The Kier molecular flexibility index (Phi) is 9.01. The highest BCUT2D eigenvalue weighted by Crippen LogP contribution is 2.55. The monoisotopic (exact) mass is 787 g/mol. The van der Waals surface area contributed by atoms with Gasteiger partial charge in [0.15, 0.2) is 0 Å². The van der Waals surface area contributed by atoms with E-state index in [9.17, 15) is 0 Å². The quantitative estimate of drug-likeness (QED) is 0.155. The van der Waals surface area contributed by atoms with Gasteiger partial charge in [-0.2, -0.15) is 0 Å². The van der Waals surface area contributed by atoms with Crippen molar-refractivity contribution in [2.75, 3.05) is 4.90 Å². The Morgan fingerprint density at radius 1 is 0.377 bits per heavy atom. The molecule has 0 radical (unpaired) electrons. The van der Waals surface area contributed by atoms with Gasteiger partial charge in [-0.25, -0.2) is 0 Å². The lowest BCUT2D eigenvalue weighted by molar-refractivity contribution is 0.443. The van der Waals surface area contributed by atoms with Crippen molar-refractivity contribution in [3.63, 3.8) is 0 Å². The van der Waals surface area contributed by atoms with Crippen LogP contribution in [0, 0.1) is 0 Å². The molecule has 1 fully saturated rings. The van der Waals surface area contributed by atoms with Gasteiger partial charge in [-0.1, -0.05) is 193 Å². The van der Waals surface area contributed by atoms with Crippen molar-refractivity contribution >= 4 is 17.1 Å². The fourth-order valence-electron chi connectivity index (χ4n) is 11.2. The van der Waals surface area contributed by atoms with Crippen LogP contribution in [0.1, 0.15) is 93.5 Å². The average Bonchev–Trinajstić information content (AvgIpc) is 3.69. The number of anilines is 3. The molecule has 0 bridgehead atoms. The summed E-state index contributed by atoms with van der Waals surface area (Å²) in [6.45, 7) is 9.53. The molecule has 61 heavy (non-hydrogen) atoms. The first-order valence-corrected chi connectivity index (χ1v) is 22.5. The highest BCUT2D eigenvalue weighted by atomic mass is 15.1. The summed E-state index contributed by atoms with van der Waals surface area (Å²) in [6, 6.07) is 68.6. The molecule has 0 atom stereocenters. The lowest BCUT2D eigenvalue weighted by Crippen LogP contribution is -2.17. The Bertz CT molecular complexity index is 2920. The van der Waals surface area contributed by atoms with E-state index in [0.717, 1.165) is 17.1 Å². The Morgan fingerprint density at radius 3 is 1.74 bits per heavy atom. The van der Waals surface area contributed by atoms with E-state index in [0.29, 0.717) is 5.92 Å². The molecular weight excluding hydrogens is 735 g/mol. The summed E-state index contributed by atoms with van der Waals surface area (Å²) in [7, 11) is 0. The summed E-state index contributed by atoms with van der Waals surface area (Å²) in [5.41, 5.74) is 23.2. The summed E-state index contributed by atoms with van der Waals surface area (Å²) in [6.07, 6.45) is 6.75. The Labute approximate surface area is 362 Å². The number of hydrogen-bond donors (Lipinski definition) is 0. The molecule has 0 aromatic heterocycles. The fraction of sp³-hybridized carbons (Fsp3) is 0.200. The third-order valence-corrected chi connectivity index (χ3v) is 14.5. The van der Waals surface area contributed by atoms with Crippen LogP contribution in [-0.2, 0) is 10.8 Å². The van der Waals surface area contributed by atoms with E-state index in [1.165, 1.54) is 116 Å². The van der Waals surface area contributed by atoms with Crippen molar-refractivity contribution < 1.29 is 0 Å². The van der Waals surface area contributed by atoms with E-state index in [1.54, 1.807) is 0 Å². The number of rotatable bonds is 7. The lowest BCUT2D eigenvalue weighted by atomic mass is 9.81. The van der Waals surface area contributed by atoms with Gasteiger partial charge in [0, 0.05) is 27.8 Å². The van der Waals surface area contributed by atoms with Gasteiger partial charge in [0.05, 0.1) is 5.69 Å². The Hall–Kier alpha value is -6.44. The van der Waals surface area contributed by atoms with Crippen molar-refractivity contribution in [1.82, 2.24) is 0 Å². The predicted octanol–water partition coefficient (Wildman–Crippen LogP) is 16.8. The topological polar surface area (TPSA) is 3.24 Å². The predicted molar refractivity (Wildman–Crippen MR) is 258 cm³/mol. The minimum atomic E-state index is -0.176. The van der Waals surface area contributed by atoms with E-state index in [2.05, 4.69) is 215 Å². The van der Waals surface area contributed by atoms with Gasteiger partial charge in [0.1, 0.15) is 0 Å². The smallest absolute Gasteiger partial charge is 0.0540 e. The lowest BCUT2D eigenvalue weighted by Gasteiger charge is -2.30. The number of fused-ring (bicyclic) bond motifs is 6. The van der Waals surface area contributed by atoms with Crippen molar-refractivity contribution in [1.29, 1.82) is 0 Å². The number of benzene rings is 8. The molecule has 0 saturated heterocycles. The maximum absolute atomic E-state index is 2.47. The summed E-state index contributed by atoms with van der Waals surface area (Å²) >= 11 is 0. The van der Waals surface area contributed by atoms with E-state index >= 15 is 0 Å². The molecule has 11 rings (SSSR count). The standard InChI is InChI=1S/C60H53N/c1-59(2)53-23-13-11-21-51(53)58-49(22-15-24-55(58)59)45-32-37-54-52(38-45)50-36-35-47(39-56(50)60(54,3)4)61(57-25-14-12-20-48(57)44-18-9-6-10-19-44)46-33-30-43(31-34-46)42-28-26-41(27-29-42)40-16-7-5-8-17-40/h6,9-15,18-40H,5,7-8,16-17H2,1-4H3. The first kappa shape index (κ1) is 37.6. The van der Waals surface area contributed by atoms with Crippen molar-refractivity contribution in [2.45, 2.75) is 76.5 Å². The molecule has 8 aromatic rings. The number of nitrogens with zero attached hydrogens (tertiary/aromatic N) is 1. The van der Waals surface area contributed by atoms with Crippen LogP contribution in [0.15, 0.2) is 182 Å². The zero-order chi connectivity index (χ0) is 41.3. The van der Waals surface area contributed by atoms with Gasteiger partial charge < -0.3 is 4.90 Å². The second-order valence-corrected chi connectivity index (χ2v) is 18.7. The van der Waals surface area contributed by atoms with Gasteiger partial charge in [0.25, 0.3) is 0 Å². The summed E-state index contributed by atoms with van der Waals surface area (Å²) in [4.78, 5) is 2.47. The van der Waals surface area contributed by atoms with Crippen molar-refractivity contribution in [3.05, 3.63) is 210 Å². The summed E-state index contributed by atoms with van der Waals surface area (Å²) in [5.74, 6) is 0.714. The van der Waals surface area contributed by atoms with Gasteiger partial charge >= 0.3 is 0 Å². The first-order chi connectivity index (χ1) is 29.8. The fourth-order valence-corrected chi connectivity index (χ4v) is 11.2. The third kappa shape index (κ3) is 6.20. The summed E-state index contributed by atoms with van der Waals surface area (Å²) in [5, 5.41) is 0. The zero-order valence-electron chi connectivity index (χ0n) is 35.9. The van der Waals surface area contributed by atoms with Crippen LogP contribution in [0.25, 0.3) is 55.6 Å². The SMILES string of the molecule is CC1(C)c2ccc(-c3cccc4c3-c3ccccc3C4(C)C)cc2-c2ccc(N(c3ccc(-c4ccc(C5CCCCC5)cc4)cc3)c3ccccc3-c3ccccc3)cc21. The maximum atomic E-state index is 2.47. The largest absolute Gasteiger partial charge is 0.310 e. The van der Waals surface area contributed by atoms with Crippen LogP contribution in [0.4, 0.5) is 17.1 Å². The normalized spacial score (nSPS) is 15.7. The van der Waals surface area contributed by atoms with Crippen molar-refractivity contribution in [2.24, 2.45) is 0 Å². The number of para-hydroxylation sites is 1. The number of hydrogen-bond acceptors (Lipinski definition) is 1. The first-order valence-electron chi connectivity index (χ1n) is 22.5. The van der Waals surface area contributed by atoms with Crippen LogP contribution in [0.2, 0.25) is 0 Å². The molecule has 1 heteroatoms. The molecule has 0 amide bonds. The molecule has 0 spiro atoms. The van der Waals surface area contributed by atoms with Gasteiger partial charge in [0.2, 0.25) is 0 Å². The average molecular weight is 788 g/mol. The van der Waals surface area contributed by atoms with Gasteiger partial charge in [-0.05, 0) is 133 Å². The zero-order valence-corrected chi connectivity index (χ0v) is 35.9. The van der Waals surface area contributed by atoms with E-state index in [1.807, 2.05) is 0 Å². The molecule has 3 aliphatic carbocycles. The molecule has 0 heterocycles. The van der Waals surface area contributed by atoms with Gasteiger partial charge in [-0.3, -0.25) is 0 Å². The minimum Gasteiger partial charge on any atom is -0.310 e. The molecule has 0 aliphatic heterocycles. The minimum absolute atomic E-state index is 0.0330. The van der Waals surface area contributed by atoms with E-state index in [-0.39, 0.29) is 10.8 Å². The molecule has 1 saturated carbocycles. The Morgan fingerprint density at radius 2 is 0.967 bits per heavy atom. The Balaban J connectivity index is 1.00. The van der Waals surface area contributed by atoms with Crippen LogP contribution < -0.4 is 4.90 Å². The molecule has 0 unspecified atom stereocenters. The molecule has 3 aliphatic rings. The maximum Gasteiger partial charge on any atom is 0.0540 e. The molecule has 8 aromatic carbocycles. The van der Waals surface area contributed by atoms with Crippen LogP contribution >= 0.6 is 0 Å². The third-order valence-electron chi connectivity index (χ3n) is 14.5. The van der Waals surface area contributed by atoms with Crippen LogP contribution in [0.3, 0.4) is 0 Å². The van der Waals surface area contributed by atoms with Crippen LogP contribution in [-0.4, -0.2) is 0 Å². The highest BCUT2D eigenvalue weighted by molar-refractivity contribution is 5.96. The van der Waals surface area contributed by atoms with E-state index < -0.39 is 0 Å². The molecule has 298 valence electrons. The van der Waals surface area contributed by atoms with E-state index in [4.69, 9.17) is 0 Å². The van der Waals surface area contributed by atoms with Crippen molar-refractivity contribution in [3.8, 4) is 55.6 Å². The second kappa shape index (κ2) is 14.6. The highest BCUT2D eigenvalue weighted by Gasteiger charge is 2.39. The molecular formula is C60H53N. The summed E-state index contributed by atoms with van der Waals surface area (Å²) < 4.78 is 0. The van der Waals surface area contributed by atoms with Crippen LogP contribution in [0.5, 0.6) is 0 Å².